The monoisotopic (exact) mass is 351 g/mol. The van der Waals surface area contributed by atoms with Crippen molar-refractivity contribution in [1.82, 2.24) is 24.8 Å². The van der Waals surface area contributed by atoms with Gasteiger partial charge in [-0.15, -0.1) is 0 Å². The number of carbonyl (C=O) groups excluding carboxylic acids is 1. The highest BCUT2D eigenvalue weighted by molar-refractivity contribution is 5.94. The zero-order chi connectivity index (χ0) is 18.1. The molecule has 3 heterocycles. The second-order valence-corrected chi connectivity index (χ2v) is 6.34. The van der Waals surface area contributed by atoms with Crippen molar-refractivity contribution in [3.05, 3.63) is 53.6 Å². The van der Waals surface area contributed by atoms with E-state index < -0.39 is 0 Å². The summed E-state index contributed by atoms with van der Waals surface area (Å²) in [5, 5.41) is 2.98. The van der Waals surface area contributed by atoms with Gasteiger partial charge in [-0.1, -0.05) is 12.1 Å². The number of rotatable bonds is 4. The topological polar surface area (TPSA) is 84.8 Å². The van der Waals surface area contributed by atoms with Crippen LogP contribution in [0.3, 0.4) is 0 Å². The predicted molar refractivity (Wildman–Crippen MR) is 97.3 cm³/mol. The summed E-state index contributed by atoms with van der Waals surface area (Å²) in [6.45, 7) is 3.40. The van der Waals surface area contributed by atoms with E-state index in [0.717, 1.165) is 29.4 Å². The minimum atomic E-state index is -0.150. The highest BCUT2D eigenvalue weighted by Gasteiger charge is 2.27. The van der Waals surface area contributed by atoms with Crippen LogP contribution in [0.5, 0.6) is 5.75 Å². The van der Waals surface area contributed by atoms with Crippen LogP contribution in [0.2, 0.25) is 0 Å². The minimum Gasteiger partial charge on any atom is -0.497 e. The highest BCUT2D eigenvalue weighted by Crippen LogP contribution is 2.28. The molecule has 1 aliphatic rings. The van der Waals surface area contributed by atoms with Gasteiger partial charge in [-0.05, 0) is 31.0 Å². The maximum absolute atomic E-state index is 12.5. The second-order valence-electron chi connectivity index (χ2n) is 6.34. The van der Waals surface area contributed by atoms with Gasteiger partial charge in [-0.3, -0.25) is 4.79 Å². The van der Waals surface area contributed by atoms with E-state index >= 15 is 0 Å². The van der Waals surface area contributed by atoms with Crippen molar-refractivity contribution in [3.63, 3.8) is 0 Å². The van der Waals surface area contributed by atoms with Crippen LogP contribution in [0, 0.1) is 0 Å². The summed E-state index contributed by atoms with van der Waals surface area (Å²) < 4.78 is 7.32. The smallest absolute Gasteiger partial charge is 0.271 e. The van der Waals surface area contributed by atoms with E-state index in [4.69, 9.17) is 4.74 Å². The lowest BCUT2D eigenvalue weighted by Crippen LogP contribution is -2.26. The number of aryl methyl sites for hydroxylation is 1. The molecule has 0 saturated carbocycles. The van der Waals surface area contributed by atoms with E-state index in [0.29, 0.717) is 24.5 Å². The van der Waals surface area contributed by atoms with Gasteiger partial charge >= 0.3 is 0 Å². The number of carbonyl (C=O) groups is 1. The van der Waals surface area contributed by atoms with Gasteiger partial charge in [0, 0.05) is 37.1 Å². The van der Waals surface area contributed by atoms with Crippen molar-refractivity contribution in [3.8, 4) is 17.4 Å². The Morgan fingerprint density at radius 2 is 2.27 bits per heavy atom. The van der Waals surface area contributed by atoms with E-state index in [-0.39, 0.29) is 11.8 Å². The molecule has 0 aliphatic carbocycles. The van der Waals surface area contributed by atoms with Crippen LogP contribution in [0.25, 0.3) is 11.6 Å². The number of benzene rings is 1. The number of nitrogens with zero attached hydrogens (tertiary/aromatic N) is 3. The van der Waals surface area contributed by atoms with E-state index in [1.807, 2.05) is 35.9 Å². The largest absolute Gasteiger partial charge is 0.497 e. The molecule has 1 aliphatic heterocycles. The molecule has 7 heteroatoms. The zero-order valence-electron chi connectivity index (χ0n) is 14.8. The fraction of sp³-hybridized carbons (Fsp3) is 0.316. The second kappa shape index (κ2) is 6.67. The first-order chi connectivity index (χ1) is 12.7. The third-order valence-electron chi connectivity index (χ3n) is 4.79. The number of methoxy groups -OCH3 is 1. The number of amides is 1. The summed E-state index contributed by atoms with van der Waals surface area (Å²) in [5.41, 5.74) is 2.42. The average molecular weight is 351 g/mol. The first kappa shape index (κ1) is 16.4. The molecule has 1 atom stereocenters. The summed E-state index contributed by atoms with van der Waals surface area (Å²) in [7, 11) is 1.66. The SMILES string of the molecule is CCn1ccnc1-c1nc2c([nH]1)C[C@@H](c1cccc(OC)c1)CNC2=O. The molecule has 3 aromatic rings. The standard InChI is InChI=1S/C19H21N5O2/c1-3-24-8-7-20-18(24)17-22-15-10-13(11-21-19(25)16(15)23-17)12-5-4-6-14(9-12)26-2/h4-9,13H,3,10-11H2,1-2H3,(H,21,25)(H,22,23)/t13-/m1/s1. The van der Waals surface area contributed by atoms with Gasteiger partial charge in [-0.2, -0.15) is 0 Å². The van der Waals surface area contributed by atoms with Crippen LogP contribution in [0.1, 0.15) is 34.6 Å². The lowest BCUT2D eigenvalue weighted by Gasteiger charge is -2.15. The van der Waals surface area contributed by atoms with Crippen LogP contribution < -0.4 is 10.1 Å². The van der Waals surface area contributed by atoms with Gasteiger partial charge in [-0.25, -0.2) is 9.97 Å². The molecule has 0 bridgehead atoms. The molecule has 1 aromatic carbocycles. The van der Waals surface area contributed by atoms with Crippen LogP contribution in [0.4, 0.5) is 0 Å². The number of aromatic amines is 1. The van der Waals surface area contributed by atoms with Gasteiger partial charge in [0.1, 0.15) is 11.4 Å². The third-order valence-corrected chi connectivity index (χ3v) is 4.79. The van der Waals surface area contributed by atoms with Crippen molar-refractivity contribution in [2.24, 2.45) is 0 Å². The van der Waals surface area contributed by atoms with Crippen molar-refractivity contribution in [2.75, 3.05) is 13.7 Å². The Labute approximate surface area is 151 Å². The van der Waals surface area contributed by atoms with Gasteiger partial charge in [0.05, 0.1) is 7.11 Å². The van der Waals surface area contributed by atoms with Gasteiger partial charge in [0.15, 0.2) is 11.6 Å². The molecule has 4 rings (SSSR count). The molecule has 2 aromatic heterocycles. The van der Waals surface area contributed by atoms with Crippen molar-refractivity contribution < 1.29 is 9.53 Å². The molecule has 2 N–H and O–H groups in total. The minimum absolute atomic E-state index is 0.148. The molecular weight excluding hydrogens is 330 g/mol. The Morgan fingerprint density at radius 1 is 1.38 bits per heavy atom. The Balaban J connectivity index is 1.69. The Bertz CT molecular complexity index is 943. The number of H-pyrrole nitrogens is 1. The van der Waals surface area contributed by atoms with E-state index in [9.17, 15) is 4.79 Å². The number of ether oxygens (including phenoxy) is 1. The van der Waals surface area contributed by atoms with Crippen LogP contribution in [0.15, 0.2) is 36.7 Å². The molecule has 7 nitrogen and oxygen atoms in total. The fourth-order valence-corrected chi connectivity index (χ4v) is 3.38. The Hall–Kier alpha value is -3.09. The number of nitrogens with one attached hydrogen (secondary N) is 2. The fourth-order valence-electron chi connectivity index (χ4n) is 3.38. The number of imidazole rings is 2. The molecular formula is C19H21N5O2. The highest BCUT2D eigenvalue weighted by atomic mass is 16.5. The van der Waals surface area contributed by atoms with Gasteiger partial charge in [0.25, 0.3) is 5.91 Å². The molecule has 134 valence electrons. The van der Waals surface area contributed by atoms with E-state index in [2.05, 4.69) is 26.3 Å². The maximum atomic E-state index is 12.5. The molecule has 26 heavy (non-hydrogen) atoms. The average Bonchev–Trinajstić information content (AvgIpc) is 3.28. The third kappa shape index (κ3) is 2.85. The summed E-state index contributed by atoms with van der Waals surface area (Å²) >= 11 is 0. The first-order valence-electron chi connectivity index (χ1n) is 8.72. The number of aromatic nitrogens is 4. The molecule has 0 saturated heterocycles. The van der Waals surface area contributed by atoms with Crippen molar-refractivity contribution in [2.45, 2.75) is 25.8 Å². The number of fused-ring (bicyclic) bond motifs is 1. The summed E-state index contributed by atoms with van der Waals surface area (Å²) in [6.07, 6.45) is 4.34. The summed E-state index contributed by atoms with van der Waals surface area (Å²) in [5.74, 6) is 2.18. The normalized spacial score (nSPS) is 16.7. The Morgan fingerprint density at radius 3 is 3.08 bits per heavy atom. The molecule has 1 amide bonds. The first-order valence-corrected chi connectivity index (χ1v) is 8.72. The van der Waals surface area contributed by atoms with Crippen LogP contribution in [-0.2, 0) is 13.0 Å². The summed E-state index contributed by atoms with van der Waals surface area (Å²) in [6, 6.07) is 7.97. The maximum Gasteiger partial charge on any atom is 0.271 e. The van der Waals surface area contributed by atoms with Gasteiger partial charge < -0.3 is 19.6 Å². The lowest BCUT2D eigenvalue weighted by molar-refractivity contribution is 0.0950. The van der Waals surface area contributed by atoms with E-state index in [1.54, 1.807) is 13.3 Å². The van der Waals surface area contributed by atoms with E-state index in [1.165, 1.54) is 0 Å². The summed E-state index contributed by atoms with van der Waals surface area (Å²) in [4.78, 5) is 24.7. The number of hydrogen-bond acceptors (Lipinski definition) is 4. The molecule has 0 radical (unpaired) electrons. The van der Waals surface area contributed by atoms with Crippen molar-refractivity contribution >= 4 is 5.91 Å². The molecule has 0 spiro atoms. The quantitative estimate of drug-likeness (QED) is 0.756. The Kier molecular flexibility index (Phi) is 4.20. The van der Waals surface area contributed by atoms with Crippen LogP contribution in [-0.4, -0.2) is 39.1 Å². The van der Waals surface area contributed by atoms with Crippen LogP contribution >= 0.6 is 0 Å². The molecule has 0 unspecified atom stereocenters. The van der Waals surface area contributed by atoms with Gasteiger partial charge in [0.2, 0.25) is 0 Å². The molecule has 0 fully saturated rings. The lowest BCUT2D eigenvalue weighted by atomic mass is 9.94. The van der Waals surface area contributed by atoms with Crippen molar-refractivity contribution in [1.29, 1.82) is 0 Å². The zero-order valence-corrected chi connectivity index (χ0v) is 14.8. The predicted octanol–water partition coefficient (Wildman–Crippen LogP) is 2.37. The number of hydrogen-bond donors (Lipinski definition) is 2.